The predicted molar refractivity (Wildman–Crippen MR) is 232 cm³/mol. The van der Waals surface area contributed by atoms with Crippen LogP contribution in [0.4, 0.5) is 10.5 Å². The van der Waals surface area contributed by atoms with Crippen molar-refractivity contribution >= 4 is 47.3 Å². The molecule has 2 atom stereocenters. The average Bonchev–Trinajstić information content (AvgIpc) is 3.61. The van der Waals surface area contributed by atoms with Crippen molar-refractivity contribution in [3.8, 4) is 11.1 Å². The van der Waals surface area contributed by atoms with Gasteiger partial charge in [-0.1, -0.05) is 67.2 Å². The first-order valence-electron chi connectivity index (χ1n) is 21.5. The van der Waals surface area contributed by atoms with E-state index in [2.05, 4.69) is 41.1 Å². The molecular formula is C48H56N4O11. The van der Waals surface area contributed by atoms with Gasteiger partial charge in [0.1, 0.15) is 25.4 Å². The lowest BCUT2D eigenvalue weighted by Gasteiger charge is -2.36. The first kappa shape index (κ1) is 46.2. The minimum atomic E-state index is -1.36. The average molecular weight is 865 g/mol. The van der Waals surface area contributed by atoms with Gasteiger partial charge in [-0.05, 0) is 92.4 Å². The monoisotopic (exact) mass is 864 g/mol. The molecular weight excluding hydrogens is 809 g/mol. The molecule has 0 spiro atoms. The van der Waals surface area contributed by atoms with E-state index in [1.54, 1.807) is 29.2 Å². The maximum Gasteiger partial charge on any atom is 0.409 e. The third-order valence-corrected chi connectivity index (χ3v) is 11.9. The molecule has 2 heterocycles. The molecule has 0 saturated carbocycles. The zero-order valence-electron chi connectivity index (χ0n) is 35.9. The Hall–Kier alpha value is -6.35. The number of nitrogens with zero attached hydrogens (tertiary/aromatic N) is 3. The van der Waals surface area contributed by atoms with E-state index in [9.17, 15) is 33.6 Å². The molecule has 3 aromatic rings. The molecule has 6 rings (SSSR count). The lowest BCUT2D eigenvalue weighted by Crippen LogP contribution is -2.53. The van der Waals surface area contributed by atoms with E-state index in [-0.39, 0.29) is 51.0 Å². The number of carbonyl (C=O) groups is 7. The number of esters is 2. The van der Waals surface area contributed by atoms with Crippen LogP contribution in [0.3, 0.4) is 0 Å². The van der Waals surface area contributed by atoms with Crippen LogP contribution >= 0.6 is 0 Å². The molecule has 1 aliphatic carbocycles. The number of aliphatic carboxylic acids is 1. The number of likely N-dealkylation sites (tertiary alicyclic amines) is 1. The smallest absolute Gasteiger partial charge is 0.409 e. The summed E-state index contributed by atoms with van der Waals surface area (Å²) in [6.45, 7) is 9.22. The van der Waals surface area contributed by atoms with Crippen LogP contribution in [-0.2, 0) is 43.0 Å². The summed E-state index contributed by atoms with van der Waals surface area (Å²) in [7, 11) is 0. The van der Waals surface area contributed by atoms with Crippen molar-refractivity contribution < 1.29 is 52.9 Å². The number of benzene rings is 3. The number of hydrogen-bond donors (Lipinski definition) is 2. The Bertz CT molecular complexity index is 2150. The zero-order chi connectivity index (χ0) is 45.1. The quantitative estimate of drug-likeness (QED) is 0.0646. The largest absolute Gasteiger partial charge is 0.481 e. The molecule has 3 aliphatic rings. The predicted octanol–water partition coefficient (Wildman–Crippen LogP) is 6.13. The summed E-state index contributed by atoms with van der Waals surface area (Å²) in [6.07, 6.45) is 1.70. The number of nitrogens with one attached hydrogen (secondary N) is 1. The molecule has 0 bridgehead atoms. The van der Waals surface area contributed by atoms with Gasteiger partial charge < -0.3 is 34.4 Å². The standard InChI is InChI=1S/C48H56N4O11/c1-4-43(56)62-31-48(2,3)44(57)45(58)52-24-10-9-19-39(52)46(59)63-40(32-13-11-14-33(29-32)49-41(53)21-22-42(54)55)20-12-23-50-25-27-51(28-26-50)47(60)61-30-38-36-17-7-5-15-34(36)35-16-6-8-18-37(35)38/h4-8,11,13-18,29,38-40H,1,9-10,12,19-28,30-31H2,2-3H3,(H,49,53)(H,54,55)/t39-,40+/m0/s1. The summed E-state index contributed by atoms with van der Waals surface area (Å²) in [6, 6.07) is 22.2. The zero-order valence-corrected chi connectivity index (χ0v) is 35.9. The van der Waals surface area contributed by atoms with Gasteiger partial charge in [0.15, 0.2) is 0 Å². The number of rotatable bonds is 18. The Labute approximate surface area is 367 Å². The Morgan fingerprint density at radius 2 is 1.54 bits per heavy atom. The van der Waals surface area contributed by atoms with Crippen LogP contribution in [0.15, 0.2) is 85.5 Å². The van der Waals surface area contributed by atoms with Gasteiger partial charge in [-0.3, -0.25) is 24.1 Å². The molecule has 15 heteroatoms. The first-order valence-corrected chi connectivity index (χ1v) is 21.5. The Kier molecular flexibility index (Phi) is 15.5. The van der Waals surface area contributed by atoms with E-state index in [0.29, 0.717) is 69.7 Å². The number of carboxylic acids is 1. The van der Waals surface area contributed by atoms with Gasteiger partial charge in [-0.25, -0.2) is 14.4 Å². The van der Waals surface area contributed by atoms with Crippen molar-refractivity contribution in [2.24, 2.45) is 5.41 Å². The summed E-state index contributed by atoms with van der Waals surface area (Å²) >= 11 is 0. The van der Waals surface area contributed by atoms with Crippen molar-refractivity contribution in [2.75, 3.05) is 57.8 Å². The lowest BCUT2D eigenvalue weighted by molar-refractivity contribution is -0.165. The van der Waals surface area contributed by atoms with Crippen LogP contribution in [0, 0.1) is 5.41 Å². The number of Topliss-reactive ketones (excluding diaryl/α,β-unsaturated/α-hetero) is 1. The summed E-state index contributed by atoms with van der Waals surface area (Å²) in [5.74, 6) is -4.69. The number of amides is 3. The molecule has 15 nitrogen and oxygen atoms in total. The van der Waals surface area contributed by atoms with E-state index in [1.807, 2.05) is 24.3 Å². The van der Waals surface area contributed by atoms with Gasteiger partial charge >= 0.3 is 24.0 Å². The van der Waals surface area contributed by atoms with Crippen molar-refractivity contribution in [1.82, 2.24) is 14.7 Å². The highest BCUT2D eigenvalue weighted by atomic mass is 16.6. The minimum Gasteiger partial charge on any atom is -0.481 e. The molecule has 2 aliphatic heterocycles. The number of piperidine rings is 1. The first-order chi connectivity index (χ1) is 30.2. The molecule has 2 N–H and O–H groups in total. The van der Waals surface area contributed by atoms with Gasteiger partial charge in [0.05, 0.1) is 11.8 Å². The van der Waals surface area contributed by atoms with E-state index in [0.717, 1.165) is 28.3 Å². The highest BCUT2D eigenvalue weighted by Gasteiger charge is 2.42. The number of fused-ring (bicyclic) bond motifs is 3. The molecule has 0 radical (unpaired) electrons. The third-order valence-electron chi connectivity index (χ3n) is 11.9. The number of hydrogen-bond acceptors (Lipinski definition) is 11. The maximum atomic E-state index is 14.1. The van der Waals surface area contributed by atoms with Crippen LogP contribution in [0.5, 0.6) is 0 Å². The van der Waals surface area contributed by atoms with Crippen molar-refractivity contribution in [1.29, 1.82) is 0 Å². The SMILES string of the molecule is C=CC(=O)OCC(C)(C)C(=O)C(=O)N1CCCC[C@H]1C(=O)O[C@H](CCCN1CCN(C(=O)OCC2c3ccccc3-c3ccccc32)CC1)c1cccc(NC(=O)CCC(=O)O)c1. The normalized spacial score (nSPS) is 16.8. The Morgan fingerprint density at radius 3 is 2.21 bits per heavy atom. The van der Waals surface area contributed by atoms with Gasteiger partial charge in [0.25, 0.3) is 5.91 Å². The van der Waals surface area contributed by atoms with E-state index >= 15 is 0 Å². The second kappa shape index (κ2) is 21.1. The second-order valence-corrected chi connectivity index (χ2v) is 16.8. The van der Waals surface area contributed by atoms with Crippen molar-refractivity contribution in [3.05, 3.63) is 102 Å². The topological polar surface area (TPSA) is 189 Å². The van der Waals surface area contributed by atoms with Crippen molar-refractivity contribution in [2.45, 2.75) is 76.9 Å². The Balaban J connectivity index is 1.07. The molecule has 3 amide bonds. The highest BCUT2D eigenvalue weighted by molar-refractivity contribution is 6.38. The maximum absolute atomic E-state index is 14.1. The molecule has 0 unspecified atom stereocenters. The molecule has 0 aromatic heterocycles. The van der Waals surface area contributed by atoms with Crippen LogP contribution < -0.4 is 5.32 Å². The molecule has 2 fully saturated rings. The van der Waals surface area contributed by atoms with Crippen molar-refractivity contribution in [3.63, 3.8) is 0 Å². The fourth-order valence-electron chi connectivity index (χ4n) is 8.33. The van der Waals surface area contributed by atoms with E-state index in [4.69, 9.17) is 19.3 Å². The number of anilines is 1. The van der Waals surface area contributed by atoms with Crippen LogP contribution in [0.1, 0.15) is 87.5 Å². The lowest BCUT2D eigenvalue weighted by atomic mass is 9.87. The minimum absolute atomic E-state index is 0.0320. The van der Waals surface area contributed by atoms with Gasteiger partial charge in [0, 0.05) is 56.8 Å². The number of ketones is 1. The van der Waals surface area contributed by atoms with Gasteiger partial charge in [0.2, 0.25) is 11.7 Å². The highest BCUT2D eigenvalue weighted by Crippen LogP contribution is 2.44. The number of carbonyl (C=O) groups excluding carboxylic acids is 6. The van der Waals surface area contributed by atoms with E-state index in [1.165, 1.54) is 18.7 Å². The molecule has 3 aromatic carbocycles. The van der Waals surface area contributed by atoms with Gasteiger partial charge in [-0.15, -0.1) is 0 Å². The second-order valence-electron chi connectivity index (χ2n) is 16.8. The van der Waals surface area contributed by atoms with Gasteiger partial charge in [-0.2, -0.15) is 0 Å². The third kappa shape index (κ3) is 11.8. The summed E-state index contributed by atoms with van der Waals surface area (Å²) in [5, 5.41) is 11.7. The summed E-state index contributed by atoms with van der Waals surface area (Å²) in [5.41, 5.74) is 4.24. The summed E-state index contributed by atoms with van der Waals surface area (Å²) in [4.78, 5) is 94.9. The number of piperazine rings is 1. The van der Waals surface area contributed by atoms with Crippen LogP contribution in [0.2, 0.25) is 0 Å². The molecule has 334 valence electrons. The van der Waals surface area contributed by atoms with Crippen LogP contribution in [-0.4, -0.2) is 120 Å². The molecule has 63 heavy (non-hydrogen) atoms. The fraction of sp³-hybridized carbons (Fsp3) is 0.438. The fourth-order valence-corrected chi connectivity index (χ4v) is 8.33. The summed E-state index contributed by atoms with van der Waals surface area (Å²) < 4.78 is 17.2. The van der Waals surface area contributed by atoms with Crippen LogP contribution in [0.25, 0.3) is 11.1 Å². The molecule has 2 saturated heterocycles. The Morgan fingerprint density at radius 1 is 0.857 bits per heavy atom. The number of ether oxygens (including phenoxy) is 3. The number of carboxylic acid groups (broad SMARTS) is 1. The van der Waals surface area contributed by atoms with E-state index < -0.39 is 53.1 Å².